The van der Waals surface area contributed by atoms with Crippen molar-refractivity contribution >= 4 is 23.6 Å². The molecule has 0 unspecified atom stereocenters. The van der Waals surface area contributed by atoms with E-state index in [1.165, 1.54) is 0 Å². The van der Waals surface area contributed by atoms with Gasteiger partial charge in [0.25, 0.3) is 0 Å². The van der Waals surface area contributed by atoms with Crippen molar-refractivity contribution in [2.24, 2.45) is 11.1 Å². The smallest absolute Gasteiger partial charge is 0.366 e. The number of nitrogens with zero attached hydrogens (tertiary/aromatic N) is 1. The highest BCUT2D eigenvalue weighted by Crippen LogP contribution is 2.66. The highest BCUT2D eigenvalue weighted by atomic mass is 32.2. The molecule has 212 valence electrons. The van der Waals surface area contributed by atoms with Crippen molar-refractivity contribution in [2.45, 2.75) is 49.0 Å². The molecule has 9 heteroatoms. The van der Waals surface area contributed by atoms with E-state index in [9.17, 15) is 22.8 Å². The van der Waals surface area contributed by atoms with Crippen molar-refractivity contribution in [3.63, 3.8) is 0 Å². The predicted molar refractivity (Wildman–Crippen MR) is 152 cm³/mol. The first-order valence-electron chi connectivity index (χ1n) is 13.2. The van der Waals surface area contributed by atoms with Crippen molar-refractivity contribution in [2.75, 3.05) is 13.6 Å². The number of likely N-dealkylation sites (N-methyl/N-ethyl adjacent to an activating group) is 1. The molecule has 1 saturated carbocycles. The predicted octanol–water partition coefficient (Wildman–Crippen LogP) is 6.11. The quantitative estimate of drug-likeness (QED) is 0.244. The molecule has 3 aromatic rings. The van der Waals surface area contributed by atoms with Gasteiger partial charge in [-0.05, 0) is 48.7 Å². The van der Waals surface area contributed by atoms with E-state index in [2.05, 4.69) is 10.2 Å². The Hall–Kier alpha value is -3.30. The molecule has 4 rings (SSSR count). The molecule has 5 nitrogen and oxygen atoms in total. The van der Waals surface area contributed by atoms with Crippen molar-refractivity contribution in [1.29, 1.82) is 0 Å². The van der Waals surface area contributed by atoms with Gasteiger partial charge >= 0.3 is 6.18 Å². The first-order valence-corrected chi connectivity index (χ1v) is 14.3. The minimum atomic E-state index is -4.37. The van der Waals surface area contributed by atoms with Gasteiger partial charge in [-0.3, -0.25) is 14.5 Å². The minimum Gasteiger partial charge on any atom is -0.366 e. The van der Waals surface area contributed by atoms with E-state index in [4.69, 9.17) is 5.73 Å². The molecule has 2 amide bonds. The van der Waals surface area contributed by atoms with Gasteiger partial charge in [-0.1, -0.05) is 72.8 Å². The number of alkyl halides is 3. The number of nitrogens with one attached hydrogen (secondary N) is 1. The summed E-state index contributed by atoms with van der Waals surface area (Å²) in [7, 11) is 1.96. The molecule has 1 fully saturated rings. The van der Waals surface area contributed by atoms with E-state index < -0.39 is 29.3 Å². The number of primary amides is 1. The van der Waals surface area contributed by atoms with Crippen LogP contribution in [0.2, 0.25) is 0 Å². The minimum absolute atomic E-state index is 0.0379. The summed E-state index contributed by atoms with van der Waals surface area (Å²) < 4.78 is 42.2. The van der Waals surface area contributed by atoms with Crippen LogP contribution in [0.5, 0.6) is 0 Å². The molecule has 0 aromatic heterocycles. The summed E-state index contributed by atoms with van der Waals surface area (Å²) in [5.74, 6) is -1.20. The van der Waals surface area contributed by atoms with Gasteiger partial charge in [0.1, 0.15) is 0 Å². The maximum Gasteiger partial charge on any atom is 0.395 e. The number of carbonyl (C=O) groups excluding carboxylic acids is 2. The Morgan fingerprint density at radius 2 is 1.55 bits per heavy atom. The van der Waals surface area contributed by atoms with Crippen LogP contribution in [-0.4, -0.2) is 41.9 Å². The van der Waals surface area contributed by atoms with Crippen LogP contribution in [0.25, 0.3) is 0 Å². The van der Waals surface area contributed by atoms with Gasteiger partial charge in [-0.2, -0.15) is 13.2 Å². The summed E-state index contributed by atoms with van der Waals surface area (Å²) >= 11 is 1.61. The maximum absolute atomic E-state index is 14.1. The zero-order valence-corrected chi connectivity index (χ0v) is 23.2. The molecule has 3 N–H and O–H groups in total. The lowest BCUT2D eigenvalue weighted by Gasteiger charge is -2.30. The van der Waals surface area contributed by atoms with Crippen molar-refractivity contribution in [1.82, 2.24) is 10.2 Å². The van der Waals surface area contributed by atoms with E-state index in [0.717, 1.165) is 11.1 Å². The number of nitrogens with two attached hydrogens (primary N) is 1. The lowest BCUT2D eigenvalue weighted by atomic mass is 9.80. The molecule has 0 radical (unpaired) electrons. The Morgan fingerprint density at radius 3 is 2.10 bits per heavy atom. The van der Waals surface area contributed by atoms with Crippen molar-refractivity contribution < 1.29 is 22.8 Å². The van der Waals surface area contributed by atoms with Crippen molar-refractivity contribution in [3.8, 4) is 0 Å². The number of amides is 2. The molecular formula is C31H34F3N3O2S. The fraction of sp³-hybridized carbons (Fsp3) is 0.355. The largest absolute Gasteiger partial charge is 0.395 e. The molecule has 3 aromatic carbocycles. The Labute approximate surface area is 237 Å². The maximum atomic E-state index is 14.1. The Bertz CT molecular complexity index is 1270. The average molecular weight is 570 g/mol. The van der Waals surface area contributed by atoms with Gasteiger partial charge < -0.3 is 11.1 Å². The fourth-order valence-corrected chi connectivity index (χ4v) is 6.12. The van der Waals surface area contributed by atoms with Crippen LogP contribution in [0.4, 0.5) is 13.2 Å². The Balaban J connectivity index is 1.44. The number of carbonyl (C=O) groups is 2. The third kappa shape index (κ3) is 7.46. The number of rotatable bonds is 13. The molecule has 1 aliphatic rings. The van der Waals surface area contributed by atoms with Crippen molar-refractivity contribution in [3.05, 3.63) is 107 Å². The van der Waals surface area contributed by atoms with Crippen LogP contribution in [-0.2, 0) is 17.1 Å². The highest BCUT2D eigenvalue weighted by molar-refractivity contribution is 7.99. The zero-order valence-electron chi connectivity index (χ0n) is 22.4. The zero-order chi connectivity index (χ0) is 28.8. The third-order valence-corrected chi connectivity index (χ3v) is 8.94. The molecule has 0 saturated heterocycles. The topological polar surface area (TPSA) is 75.4 Å². The normalized spacial score (nSPS) is 15.8. The molecule has 0 heterocycles. The van der Waals surface area contributed by atoms with Gasteiger partial charge in [0.15, 0.2) is 0 Å². The summed E-state index contributed by atoms with van der Waals surface area (Å²) in [6.07, 6.45) is -4.52. The number of hydrogen-bond acceptors (Lipinski definition) is 4. The van der Waals surface area contributed by atoms with E-state index in [1.807, 2.05) is 49.5 Å². The molecule has 2 atom stereocenters. The van der Waals surface area contributed by atoms with E-state index >= 15 is 0 Å². The number of hydrogen-bond donors (Lipinski definition) is 2. The molecule has 40 heavy (non-hydrogen) atoms. The monoisotopic (exact) mass is 569 g/mol. The summed E-state index contributed by atoms with van der Waals surface area (Å²) in [5.41, 5.74) is 6.56. The number of thioether (sulfide) groups is 1. The molecule has 0 bridgehead atoms. The number of halogens is 3. The van der Waals surface area contributed by atoms with Crippen LogP contribution in [0.3, 0.4) is 0 Å². The van der Waals surface area contributed by atoms with Gasteiger partial charge in [0.2, 0.25) is 11.8 Å². The first kappa shape index (κ1) is 29.7. The molecule has 0 aliphatic heterocycles. The average Bonchev–Trinajstić information content (AvgIpc) is 3.75. The molecule has 0 spiro atoms. The summed E-state index contributed by atoms with van der Waals surface area (Å²) in [5, 5.41) is 2.79. The first-order chi connectivity index (χ1) is 19.1. The van der Waals surface area contributed by atoms with Gasteiger partial charge in [0.05, 0.1) is 10.8 Å². The standard InChI is InChI=1S/C31H34F3N3O2S/c1-37(20-22-8-4-2-5-9-22)28(40-21-23-12-14-25(15-13-23)29(35)39)19-36-27(38)18-26(24-10-6-3-7-11-24)30(16-17-30)31(32,33)34/h2-15,26,28H,16-21H2,1H3,(H2,35,39)(H,36,38)/t26-,28+/m1/s1. The van der Waals surface area contributed by atoms with E-state index in [1.54, 1.807) is 54.2 Å². The third-order valence-electron chi connectivity index (χ3n) is 7.53. The van der Waals surface area contributed by atoms with Gasteiger partial charge in [0, 0.05) is 36.7 Å². The number of benzene rings is 3. The molecular weight excluding hydrogens is 535 g/mol. The molecule has 1 aliphatic carbocycles. The second kappa shape index (κ2) is 12.9. The van der Waals surface area contributed by atoms with Gasteiger partial charge in [-0.25, -0.2) is 0 Å². The van der Waals surface area contributed by atoms with Gasteiger partial charge in [-0.15, -0.1) is 11.8 Å². The highest BCUT2D eigenvalue weighted by Gasteiger charge is 2.67. The Kier molecular flexibility index (Phi) is 9.58. The second-order valence-corrected chi connectivity index (χ2v) is 11.5. The SMILES string of the molecule is CN(Cc1ccccc1)[C@H](CNC(=O)C[C@H](c1ccccc1)C1(C(F)(F)F)CC1)SCc1ccc(C(N)=O)cc1. The van der Waals surface area contributed by atoms with E-state index in [0.29, 0.717) is 23.4 Å². The van der Waals surface area contributed by atoms with E-state index in [-0.39, 0.29) is 31.2 Å². The lowest BCUT2D eigenvalue weighted by Crippen LogP contribution is -2.41. The second-order valence-electron chi connectivity index (χ2n) is 10.4. The summed E-state index contributed by atoms with van der Waals surface area (Å²) in [6.45, 7) is 0.908. The fourth-order valence-electron chi connectivity index (χ4n) is 5.01. The van der Waals surface area contributed by atoms with Crippen LogP contribution in [0, 0.1) is 5.41 Å². The summed E-state index contributed by atoms with van der Waals surface area (Å²) in [6, 6.07) is 25.5. The van der Waals surface area contributed by atoms with Crippen LogP contribution < -0.4 is 11.1 Å². The van der Waals surface area contributed by atoms with Crippen LogP contribution in [0.1, 0.15) is 52.2 Å². The van der Waals surface area contributed by atoms with Crippen LogP contribution in [0.15, 0.2) is 84.9 Å². The van der Waals surface area contributed by atoms with Crippen LogP contribution >= 0.6 is 11.8 Å². The lowest BCUT2D eigenvalue weighted by molar-refractivity contribution is -0.194. The Morgan fingerprint density at radius 1 is 0.950 bits per heavy atom. The summed E-state index contributed by atoms with van der Waals surface area (Å²) in [4.78, 5) is 26.6.